The highest BCUT2D eigenvalue weighted by Gasteiger charge is 2.31. The minimum absolute atomic E-state index is 0.00888. The molecule has 0 aromatic heterocycles. The normalized spacial score (nSPS) is 16.6. The van der Waals surface area contributed by atoms with Crippen molar-refractivity contribution in [1.29, 1.82) is 0 Å². The zero-order valence-electron chi connectivity index (χ0n) is 12.1. The molecule has 5 nitrogen and oxygen atoms in total. The molecule has 0 radical (unpaired) electrons. The van der Waals surface area contributed by atoms with Gasteiger partial charge < -0.3 is 15.0 Å². The number of rotatable bonds is 4. The molecule has 2 rings (SSSR count). The van der Waals surface area contributed by atoms with Gasteiger partial charge in [0, 0.05) is 13.1 Å². The van der Waals surface area contributed by atoms with Crippen LogP contribution in [0, 0.1) is 5.92 Å². The Bertz CT molecular complexity index is 533. The third kappa shape index (κ3) is 3.97. The molecule has 0 unspecified atom stereocenters. The van der Waals surface area contributed by atoms with Crippen molar-refractivity contribution in [2.45, 2.75) is 20.0 Å². The zero-order valence-corrected chi connectivity index (χ0v) is 13.7. The molecule has 1 atom stereocenters. The molecule has 0 bridgehead atoms. The highest BCUT2D eigenvalue weighted by Crippen LogP contribution is 2.26. The molecule has 1 aromatic carbocycles. The Balaban J connectivity index is 2.13. The SMILES string of the molecule is CC(C)[C@@H](Oc1ccccc1Br)C(=O)N1CCNC(=O)C1. The second-order valence-corrected chi connectivity index (χ2v) is 6.18. The average Bonchev–Trinajstić information content (AvgIpc) is 2.45. The lowest BCUT2D eigenvalue weighted by molar-refractivity contribution is -0.145. The van der Waals surface area contributed by atoms with Gasteiger partial charge >= 0.3 is 0 Å². The van der Waals surface area contributed by atoms with Gasteiger partial charge in [0.15, 0.2) is 6.10 Å². The number of nitrogens with one attached hydrogen (secondary N) is 1. The van der Waals surface area contributed by atoms with Crippen molar-refractivity contribution < 1.29 is 14.3 Å². The van der Waals surface area contributed by atoms with E-state index < -0.39 is 6.10 Å². The van der Waals surface area contributed by atoms with E-state index in [2.05, 4.69) is 21.2 Å². The van der Waals surface area contributed by atoms with Gasteiger partial charge in [-0.2, -0.15) is 0 Å². The summed E-state index contributed by atoms with van der Waals surface area (Å²) in [5.41, 5.74) is 0. The monoisotopic (exact) mass is 354 g/mol. The summed E-state index contributed by atoms with van der Waals surface area (Å²) in [5.74, 6) is 0.370. The van der Waals surface area contributed by atoms with Crippen molar-refractivity contribution in [2.75, 3.05) is 19.6 Å². The number of carbonyl (C=O) groups excluding carboxylic acids is 2. The number of carbonyl (C=O) groups is 2. The Labute approximate surface area is 132 Å². The minimum atomic E-state index is -0.602. The van der Waals surface area contributed by atoms with Crippen molar-refractivity contribution in [3.05, 3.63) is 28.7 Å². The molecule has 1 aliphatic rings. The first kappa shape index (κ1) is 15.8. The first-order chi connectivity index (χ1) is 9.99. The minimum Gasteiger partial charge on any atom is -0.479 e. The topological polar surface area (TPSA) is 58.6 Å². The molecule has 114 valence electrons. The number of nitrogens with zero attached hydrogens (tertiary/aromatic N) is 1. The Hall–Kier alpha value is -1.56. The van der Waals surface area contributed by atoms with Crippen LogP contribution < -0.4 is 10.1 Å². The number of piperazine rings is 1. The lowest BCUT2D eigenvalue weighted by Crippen LogP contribution is -2.54. The highest BCUT2D eigenvalue weighted by molar-refractivity contribution is 9.10. The molecule has 2 amide bonds. The summed E-state index contributed by atoms with van der Waals surface area (Å²) in [5, 5.41) is 2.71. The number of ether oxygens (including phenoxy) is 1. The van der Waals surface area contributed by atoms with Crippen LogP contribution in [0.5, 0.6) is 5.75 Å². The molecule has 6 heteroatoms. The summed E-state index contributed by atoms with van der Waals surface area (Å²) in [6.45, 7) is 4.98. The van der Waals surface area contributed by atoms with Gasteiger partial charge in [0.2, 0.25) is 5.91 Å². The van der Waals surface area contributed by atoms with Gasteiger partial charge in [0.25, 0.3) is 5.91 Å². The number of hydrogen-bond donors (Lipinski definition) is 1. The predicted molar refractivity (Wildman–Crippen MR) is 83.0 cm³/mol. The van der Waals surface area contributed by atoms with E-state index in [0.717, 1.165) is 4.47 Å². The molecule has 1 saturated heterocycles. The molecule has 0 saturated carbocycles. The maximum absolute atomic E-state index is 12.6. The Morgan fingerprint density at radius 1 is 1.38 bits per heavy atom. The lowest BCUT2D eigenvalue weighted by atomic mass is 10.1. The molecular formula is C15H19BrN2O3. The largest absolute Gasteiger partial charge is 0.479 e. The molecule has 1 aliphatic heterocycles. The average molecular weight is 355 g/mol. The van der Waals surface area contributed by atoms with Crippen LogP contribution in [0.15, 0.2) is 28.7 Å². The molecule has 1 N–H and O–H groups in total. The fourth-order valence-electron chi connectivity index (χ4n) is 2.16. The second kappa shape index (κ2) is 6.93. The fourth-order valence-corrected chi connectivity index (χ4v) is 2.53. The third-order valence-corrected chi connectivity index (χ3v) is 3.94. The summed E-state index contributed by atoms with van der Waals surface area (Å²) < 4.78 is 6.69. The van der Waals surface area contributed by atoms with E-state index in [9.17, 15) is 9.59 Å². The summed E-state index contributed by atoms with van der Waals surface area (Å²) in [6.07, 6.45) is -0.602. The standard InChI is InChI=1S/C15H19BrN2O3/c1-10(2)14(21-12-6-4-3-5-11(12)16)15(20)18-8-7-17-13(19)9-18/h3-6,10,14H,7-9H2,1-2H3,(H,17,19)/t14-/m1/s1. The smallest absolute Gasteiger partial charge is 0.264 e. The predicted octanol–water partition coefficient (Wildman–Crippen LogP) is 1.81. The Morgan fingerprint density at radius 3 is 2.71 bits per heavy atom. The molecule has 1 aromatic rings. The zero-order chi connectivity index (χ0) is 15.4. The molecule has 0 aliphatic carbocycles. The maximum atomic E-state index is 12.6. The Morgan fingerprint density at radius 2 is 2.10 bits per heavy atom. The number of halogens is 1. The van der Waals surface area contributed by atoms with Crippen LogP contribution in [0.3, 0.4) is 0 Å². The van der Waals surface area contributed by atoms with Gasteiger partial charge in [0.05, 0.1) is 11.0 Å². The quantitative estimate of drug-likeness (QED) is 0.896. The number of para-hydroxylation sites is 1. The number of hydrogen-bond acceptors (Lipinski definition) is 3. The maximum Gasteiger partial charge on any atom is 0.264 e. The molecule has 1 heterocycles. The van der Waals surface area contributed by atoms with Gasteiger partial charge in [-0.15, -0.1) is 0 Å². The molecular weight excluding hydrogens is 336 g/mol. The van der Waals surface area contributed by atoms with Crippen LogP contribution in [0.1, 0.15) is 13.8 Å². The number of amides is 2. The second-order valence-electron chi connectivity index (χ2n) is 5.32. The first-order valence-corrected chi connectivity index (χ1v) is 7.75. The van der Waals surface area contributed by atoms with Gasteiger partial charge in [0.1, 0.15) is 5.75 Å². The van der Waals surface area contributed by atoms with Gasteiger partial charge in [-0.05, 0) is 34.0 Å². The third-order valence-electron chi connectivity index (χ3n) is 3.29. The first-order valence-electron chi connectivity index (χ1n) is 6.95. The van der Waals surface area contributed by atoms with Crippen molar-refractivity contribution in [2.24, 2.45) is 5.92 Å². The summed E-state index contributed by atoms with van der Waals surface area (Å²) in [6, 6.07) is 7.43. The summed E-state index contributed by atoms with van der Waals surface area (Å²) in [7, 11) is 0. The molecule has 0 spiro atoms. The van der Waals surface area contributed by atoms with E-state index in [4.69, 9.17) is 4.74 Å². The van der Waals surface area contributed by atoms with E-state index in [1.54, 1.807) is 4.90 Å². The summed E-state index contributed by atoms with van der Waals surface area (Å²) >= 11 is 3.41. The van der Waals surface area contributed by atoms with Crippen LogP contribution in [0.25, 0.3) is 0 Å². The number of benzene rings is 1. The van der Waals surface area contributed by atoms with E-state index >= 15 is 0 Å². The van der Waals surface area contributed by atoms with E-state index in [0.29, 0.717) is 18.8 Å². The van der Waals surface area contributed by atoms with Crippen molar-refractivity contribution in [3.8, 4) is 5.75 Å². The van der Waals surface area contributed by atoms with Crippen LogP contribution >= 0.6 is 15.9 Å². The Kier molecular flexibility index (Phi) is 5.22. The van der Waals surface area contributed by atoms with Gasteiger partial charge in [-0.25, -0.2) is 0 Å². The molecule has 1 fully saturated rings. The van der Waals surface area contributed by atoms with E-state index in [1.807, 2.05) is 38.1 Å². The van der Waals surface area contributed by atoms with E-state index in [-0.39, 0.29) is 24.3 Å². The van der Waals surface area contributed by atoms with Crippen molar-refractivity contribution in [3.63, 3.8) is 0 Å². The van der Waals surface area contributed by atoms with Gasteiger partial charge in [-0.3, -0.25) is 9.59 Å². The lowest BCUT2D eigenvalue weighted by Gasteiger charge is -2.31. The van der Waals surface area contributed by atoms with Crippen LogP contribution in [-0.2, 0) is 9.59 Å². The van der Waals surface area contributed by atoms with Crippen molar-refractivity contribution >= 4 is 27.7 Å². The van der Waals surface area contributed by atoms with Crippen LogP contribution in [-0.4, -0.2) is 42.5 Å². The van der Waals surface area contributed by atoms with E-state index in [1.165, 1.54) is 0 Å². The summed E-state index contributed by atoms with van der Waals surface area (Å²) in [4.78, 5) is 25.6. The highest BCUT2D eigenvalue weighted by atomic mass is 79.9. The van der Waals surface area contributed by atoms with Crippen LogP contribution in [0.2, 0.25) is 0 Å². The fraction of sp³-hybridized carbons (Fsp3) is 0.467. The van der Waals surface area contributed by atoms with Gasteiger partial charge in [-0.1, -0.05) is 26.0 Å². The van der Waals surface area contributed by atoms with Crippen LogP contribution in [0.4, 0.5) is 0 Å². The van der Waals surface area contributed by atoms with Crippen molar-refractivity contribution in [1.82, 2.24) is 10.2 Å². The molecule has 21 heavy (non-hydrogen) atoms.